The molecule has 2 heteroatoms. The Bertz CT molecular complexity index is 542. The van der Waals surface area contributed by atoms with Crippen molar-refractivity contribution in [3.8, 4) is 0 Å². The Morgan fingerprint density at radius 2 is 2.00 bits per heavy atom. The van der Waals surface area contributed by atoms with Crippen molar-refractivity contribution in [1.82, 2.24) is 0 Å². The van der Waals surface area contributed by atoms with Crippen LogP contribution in [0.15, 0.2) is 34.9 Å². The van der Waals surface area contributed by atoms with E-state index in [4.69, 9.17) is 10.2 Å². The van der Waals surface area contributed by atoms with Crippen LogP contribution in [0.2, 0.25) is 0 Å². The van der Waals surface area contributed by atoms with Crippen molar-refractivity contribution in [1.29, 1.82) is 0 Å². The van der Waals surface area contributed by atoms with E-state index in [2.05, 4.69) is 18.2 Å². The van der Waals surface area contributed by atoms with E-state index < -0.39 is 0 Å². The van der Waals surface area contributed by atoms with Gasteiger partial charge in [0.05, 0.1) is 12.3 Å². The van der Waals surface area contributed by atoms with E-state index in [1.807, 2.05) is 13.0 Å². The molecule has 1 heterocycles. The molecule has 0 fully saturated rings. The van der Waals surface area contributed by atoms with E-state index in [-0.39, 0.29) is 6.04 Å². The maximum Gasteiger partial charge on any atom is 0.105 e. The fourth-order valence-corrected chi connectivity index (χ4v) is 2.68. The van der Waals surface area contributed by atoms with Crippen LogP contribution in [-0.4, -0.2) is 0 Å². The topological polar surface area (TPSA) is 39.2 Å². The first kappa shape index (κ1) is 10.6. The maximum absolute atomic E-state index is 6.30. The molecular formula is C15H17NO. The molecule has 1 unspecified atom stereocenters. The van der Waals surface area contributed by atoms with Gasteiger partial charge in [0.25, 0.3) is 0 Å². The summed E-state index contributed by atoms with van der Waals surface area (Å²) >= 11 is 0. The van der Waals surface area contributed by atoms with Gasteiger partial charge in [0.1, 0.15) is 5.76 Å². The molecule has 1 aromatic carbocycles. The van der Waals surface area contributed by atoms with Crippen LogP contribution in [0.5, 0.6) is 0 Å². The molecule has 1 aliphatic rings. The lowest BCUT2D eigenvalue weighted by atomic mass is 9.97. The monoisotopic (exact) mass is 227 g/mol. The Morgan fingerprint density at radius 1 is 1.18 bits per heavy atom. The average molecular weight is 227 g/mol. The molecule has 1 atom stereocenters. The summed E-state index contributed by atoms with van der Waals surface area (Å²) in [7, 11) is 0. The van der Waals surface area contributed by atoms with Crippen molar-refractivity contribution in [3.63, 3.8) is 0 Å². The maximum atomic E-state index is 6.30. The Morgan fingerprint density at radius 3 is 2.76 bits per heavy atom. The third-order valence-electron chi connectivity index (χ3n) is 3.72. The first-order valence-corrected chi connectivity index (χ1v) is 6.17. The predicted molar refractivity (Wildman–Crippen MR) is 67.9 cm³/mol. The third-order valence-corrected chi connectivity index (χ3v) is 3.72. The van der Waals surface area contributed by atoms with E-state index in [9.17, 15) is 0 Å². The number of hydrogen-bond acceptors (Lipinski definition) is 2. The van der Waals surface area contributed by atoms with Gasteiger partial charge >= 0.3 is 0 Å². The van der Waals surface area contributed by atoms with Gasteiger partial charge in [-0.1, -0.05) is 18.2 Å². The van der Waals surface area contributed by atoms with Crippen LogP contribution in [0, 0.1) is 6.92 Å². The molecule has 0 aliphatic heterocycles. The lowest BCUT2D eigenvalue weighted by Gasteiger charge is -2.13. The lowest BCUT2D eigenvalue weighted by molar-refractivity contribution is 0.527. The summed E-state index contributed by atoms with van der Waals surface area (Å²) in [6.45, 7) is 1.96. The van der Waals surface area contributed by atoms with Gasteiger partial charge in [-0.05, 0) is 48.9 Å². The molecule has 0 radical (unpaired) electrons. The summed E-state index contributed by atoms with van der Waals surface area (Å²) in [5, 5.41) is 0. The standard InChI is InChI=1S/C15H17NO/c1-10-14(7-8-17-10)15(16)13-6-5-11-3-2-4-12(11)9-13/h5-9,15H,2-4,16H2,1H3. The van der Waals surface area contributed by atoms with Gasteiger partial charge in [0.15, 0.2) is 0 Å². The Balaban J connectivity index is 1.97. The molecule has 1 aliphatic carbocycles. The molecule has 0 amide bonds. The number of aryl methyl sites for hydroxylation is 3. The highest BCUT2D eigenvalue weighted by Crippen LogP contribution is 2.28. The van der Waals surface area contributed by atoms with Crippen molar-refractivity contribution in [2.24, 2.45) is 5.73 Å². The van der Waals surface area contributed by atoms with Crippen LogP contribution >= 0.6 is 0 Å². The summed E-state index contributed by atoms with van der Waals surface area (Å²) in [4.78, 5) is 0. The molecule has 2 aromatic rings. The largest absolute Gasteiger partial charge is 0.469 e. The fourth-order valence-electron chi connectivity index (χ4n) is 2.68. The normalized spacial score (nSPS) is 15.9. The SMILES string of the molecule is Cc1occc1C(N)c1ccc2c(c1)CCC2. The zero-order chi connectivity index (χ0) is 11.8. The number of benzene rings is 1. The fraction of sp³-hybridized carbons (Fsp3) is 0.333. The van der Waals surface area contributed by atoms with Gasteiger partial charge < -0.3 is 10.2 Å². The lowest BCUT2D eigenvalue weighted by Crippen LogP contribution is -2.12. The average Bonchev–Trinajstić information content (AvgIpc) is 2.95. The highest BCUT2D eigenvalue weighted by atomic mass is 16.3. The molecule has 0 saturated heterocycles. The van der Waals surface area contributed by atoms with Crippen molar-refractivity contribution < 1.29 is 4.42 Å². The summed E-state index contributed by atoms with van der Waals surface area (Å²) in [6.07, 6.45) is 5.40. The Kier molecular flexibility index (Phi) is 2.52. The second-order valence-corrected chi connectivity index (χ2v) is 4.79. The number of furan rings is 1. The van der Waals surface area contributed by atoms with Crippen molar-refractivity contribution in [2.45, 2.75) is 32.2 Å². The molecule has 88 valence electrons. The van der Waals surface area contributed by atoms with Crippen LogP contribution in [0.25, 0.3) is 0 Å². The van der Waals surface area contributed by atoms with Crippen LogP contribution in [-0.2, 0) is 12.8 Å². The van der Waals surface area contributed by atoms with E-state index in [1.54, 1.807) is 6.26 Å². The summed E-state index contributed by atoms with van der Waals surface area (Å²) < 4.78 is 5.32. The second kappa shape index (κ2) is 4.04. The van der Waals surface area contributed by atoms with Crippen LogP contribution in [0.1, 0.15) is 40.5 Å². The van der Waals surface area contributed by atoms with Crippen LogP contribution in [0.3, 0.4) is 0 Å². The first-order chi connectivity index (χ1) is 8.25. The van der Waals surface area contributed by atoms with Crippen molar-refractivity contribution in [3.05, 3.63) is 58.5 Å². The molecule has 17 heavy (non-hydrogen) atoms. The van der Waals surface area contributed by atoms with Crippen molar-refractivity contribution in [2.75, 3.05) is 0 Å². The van der Waals surface area contributed by atoms with Crippen LogP contribution < -0.4 is 5.73 Å². The molecule has 3 rings (SSSR count). The molecular weight excluding hydrogens is 210 g/mol. The highest BCUT2D eigenvalue weighted by Gasteiger charge is 2.17. The van der Waals surface area contributed by atoms with E-state index in [0.29, 0.717) is 0 Å². The van der Waals surface area contributed by atoms with E-state index in [1.165, 1.54) is 36.0 Å². The second-order valence-electron chi connectivity index (χ2n) is 4.79. The molecule has 0 saturated carbocycles. The zero-order valence-electron chi connectivity index (χ0n) is 10.1. The summed E-state index contributed by atoms with van der Waals surface area (Å²) in [5.74, 6) is 0.915. The molecule has 2 N–H and O–H groups in total. The van der Waals surface area contributed by atoms with Crippen molar-refractivity contribution >= 4 is 0 Å². The third kappa shape index (κ3) is 1.79. The Labute approximate surface area is 101 Å². The zero-order valence-corrected chi connectivity index (χ0v) is 10.1. The molecule has 1 aromatic heterocycles. The minimum absolute atomic E-state index is 0.0698. The number of nitrogens with two attached hydrogens (primary N) is 1. The summed E-state index contributed by atoms with van der Waals surface area (Å²) in [6, 6.07) is 8.54. The van der Waals surface area contributed by atoms with Gasteiger partial charge in [-0.2, -0.15) is 0 Å². The van der Waals surface area contributed by atoms with Gasteiger partial charge in [-0.3, -0.25) is 0 Å². The summed E-state index contributed by atoms with van der Waals surface area (Å²) in [5.41, 5.74) is 11.5. The minimum atomic E-state index is -0.0698. The number of hydrogen-bond donors (Lipinski definition) is 1. The number of fused-ring (bicyclic) bond motifs is 1. The van der Waals surface area contributed by atoms with Crippen LogP contribution in [0.4, 0.5) is 0 Å². The van der Waals surface area contributed by atoms with E-state index in [0.717, 1.165) is 11.3 Å². The van der Waals surface area contributed by atoms with Gasteiger partial charge in [-0.15, -0.1) is 0 Å². The smallest absolute Gasteiger partial charge is 0.105 e. The number of rotatable bonds is 2. The predicted octanol–water partition coefficient (Wildman–Crippen LogP) is 3.12. The van der Waals surface area contributed by atoms with Gasteiger partial charge in [-0.25, -0.2) is 0 Å². The Hall–Kier alpha value is -1.54. The first-order valence-electron chi connectivity index (χ1n) is 6.17. The minimum Gasteiger partial charge on any atom is -0.469 e. The van der Waals surface area contributed by atoms with E-state index >= 15 is 0 Å². The quantitative estimate of drug-likeness (QED) is 0.856. The molecule has 0 bridgehead atoms. The highest BCUT2D eigenvalue weighted by molar-refractivity contribution is 5.40. The molecule has 2 nitrogen and oxygen atoms in total. The van der Waals surface area contributed by atoms with Gasteiger partial charge in [0.2, 0.25) is 0 Å². The van der Waals surface area contributed by atoms with Gasteiger partial charge in [0, 0.05) is 5.56 Å². The molecule has 0 spiro atoms.